The standard InChI is InChI=1S/C30H26F3N3O5/c1-19-25(34-28(41-19)21-6-4-3-5-7-21)18-39-26-13-8-20(14-27(26)38-2)17-40-29-22(16-37)15-36(35-29)24-11-9-23(10-12-24)30(31,32)33/h3-15,37H,16-18H2,1-2H3. The van der Waals surface area contributed by atoms with Crippen molar-refractivity contribution >= 4 is 0 Å². The van der Waals surface area contributed by atoms with Gasteiger partial charge in [-0.1, -0.05) is 24.3 Å². The van der Waals surface area contributed by atoms with Gasteiger partial charge < -0.3 is 23.7 Å². The Balaban J connectivity index is 1.25. The van der Waals surface area contributed by atoms with Gasteiger partial charge in [-0.05, 0) is 61.0 Å². The number of halogens is 3. The van der Waals surface area contributed by atoms with E-state index in [9.17, 15) is 18.3 Å². The van der Waals surface area contributed by atoms with Crippen LogP contribution in [0.2, 0.25) is 0 Å². The fourth-order valence-electron chi connectivity index (χ4n) is 4.04. The summed E-state index contributed by atoms with van der Waals surface area (Å²) in [5.41, 5.74) is 2.29. The van der Waals surface area contributed by atoms with E-state index in [4.69, 9.17) is 18.6 Å². The lowest BCUT2D eigenvalue weighted by atomic mass is 10.2. The fourth-order valence-corrected chi connectivity index (χ4v) is 4.04. The predicted molar refractivity (Wildman–Crippen MR) is 143 cm³/mol. The van der Waals surface area contributed by atoms with Crippen LogP contribution in [0.25, 0.3) is 17.1 Å². The van der Waals surface area contributed by atoms with Gasteiger partial charge in [-0.15, -0.1) is 5.10 Å². The highest BCUT2D eigenvalue weighted by Crippen LogP contribution is 2.32. The molecule has 0 unspecified atom stereocenters. The Labute approximate surface area is 233 Å². The molecule has 0 amide bonds. The molecule has 2 heterocycles. The van der Waals surface area contributed by atoms with E-state index in [0.29, 0.717) is 40.1 Å². The predicted octanol–water partition coefficient (Wildman–Crippen LogP) is 6.51. The number of hydrogen-bond acceptors (Lipinski definition) is 7. The maximum atomic E-state index is 12.9. The van der Waals surface area contributed by atoms with Crippen molar-refractivity contribution in [2.75, 3.05) is 7.11 Å². The van der Waals surface area contributed by atoms with Gasteiger partial charge in [0, 0.05) is 11.8 Å². The molecule has 1 N–H and O–H groups in total. The van der Waals surface area contributed by atoms with E-state index < -0.39 is 11.7 Å². The van der Waals surface area contributed by atoms with Crippen LogP contribution in [0.3, 0.4) is 0 Å². The highest BCUT2D eigenvalue weighted by molar-refractivity contribution is 5.53. The van der Waals surface area contributed by atoms with Crippen LogP contribution >= 0.6 is 0 Å². The normalized spacial score (nSPS) is 11.5. The molecule has 0 aliphatic carbocycles. The minimum Gasteiger partial charge on any atom is -0.493 e. The molecule has 41 heavy (non-hydrogen) atoms. The van der Waals surface area contributed by atoms with E-state index in [2.05, 4.69) is 10.1 Å². The van der Waals surface area contributed by atoms with Gasteiger partial charge in [-0.25, -0.2) is 9.67 Å². The van der Waals surface area contributed by atoms with E-state index in [1.807, 2.05) is 37.3 Å². The Morgan fingerprint density at radius 2 is 1.68 bits per heavy atom. The maximum Gasteiger partial charge on any atom is 0.416 e. The number of methoxy groups -OCH3 is 1. The lowest BCUT2D eigenvalue weighted by Crippen LogP contribution is -2.05. The van der Waals surface area contributed by atoms with Crippen molar-refractivity contribution in [3.8, 4) is 34.5 Å². The van der Waals surface area contributed by atoms with Crippen LogP contribution < -0.4 is 14.2 Å². The summed E-state index contributed by atoms with van der Waals surface area (Å²) >= 11 is 0. The second-order valence-electron chi connectivity index (χ2n) is 9.06. The molecule has 0 saturated carbocycles. The Bertz CT molecular complexity index is 1610. The number of hydrogen-bond donors (Lipinski definition) is 1. The summed E-state index contributed by atoms with van der Waals surface area (Å²) in [4.78, 5) is 4.55. The van der Waals surface area contributed by atoms with Gasteiger partial charge in [0.15, 0.2) is 11.5 Å². The maximum absolute atomic E-state index is 12.9. The van der Waals surface area contributed by atoms with Crippen LogP contribution in [0.4, 0.5) is 13.2 Å². The Morgan fingerprint density at radius 1 is 0.927 bits per heavy atom. The molecule has 0 aliphatic heterocycles. The summed E-state index contributed by atoms with van der Waals surface area (Å²) in [5.74, 6) is 2.31. The van der Waals surface area contributed by atoms with Gasteiger partial charge >= 0.3 is 6.18 Å². The van der Waals surface area contributed by atoms with Gasteiger partial charge in [-0.2, -0.15) is 13.2 Å². The molecule has 5 aromatic rings. The summed E-state index contributed by atoms with van der Waals surface area (Å²) < 4.78 is 63.1. The largest absolute Gasteiger partial charge is 0.493 e. The number of aromatic nitrogens is 3. The quantitative estimate of drug-likeness (QED) is 0.206. The molecular weight excluding hydrogens is 539 g/mol. The summed E-state index contributed by atoms with van der Waals surface area (Å²) in [6.07, 6.45) is -2.93. The minimum atomic E-state index is -4.43. The zero-order chi connectivity index (χ0) is 29.0. The molecule has 0 fully saturated rings. The Morgan fingerprint density at radius 3 is 2.37 bits per heavy atom. The van der Waals surface area contributed by atoms with Gasteiger partial charge in [-0.3, -0.25) is 0 Å². The van der Waals surface area contributed by atoms with Crippen molar-refractivity contribution in [3.05, 3.63) is 107 Å². The molecule has 8 nitrogen and oxygen atoms in total. The molecule has 3 aromatic carbocycles. The monoisotopic (exact) mass is 565 g/mol. The smallest absolute Gasteiger partial charge is 0.416 e. The van der Waals surface area contributed by atoms with E-state index in [-0.39, 0.29) is 25.7 Å². The number of alkyl halides is 3. The number of benzene rings is 3. The molecule has 2 aromatic heterocycles. The second-order valence-corrected chi connectivity index (χ2v) is 9.06. The minimum absolute atomic E-state index is 0.0937. The number of oxazole rings is 1. The first kappa shape index (κ1) is 27.8. The van der Waals surface area contributed by atoms with Gasteiger partial charge in [0.1, 0.15) is 24.7 Å². The van der Waals surface area contributed by atoms with Crippen LogP contribution in [0.1, 0.15) is 28.1 Å². The SMILES string of the molecule is COc1cc(COc2nn(-c3ccc(C(F)(F)F)cc3)cc2CO)ccc1OCc1nc(-c2ccccc2)oc1C. The molecule has 0 radical (unpaired) electrons. The molecule has 212 valence electrons. The first-order valence-corrected chi connectivity index (χ1v) is 12.6. The van der Waals surface area contributed by atoms with E-state index in [0.717, 1.165) is 23.3 Å². The summed E-state index contributed by atoms with van der Waals surface area (Å²) in [5, 5.41) is 14.0. The molecule has 0 spiro atoms. The lowest BCUT2D eigenvalue weighted by Gasteiger charge is -2.12. The van der Waals surface area contributed by atoms with Gasteiger partial charge in [0.05, 0.1) is 30.5 Å². The third-order valence-electron chi connectivity index (χ3n) is 6.26. The molecule has 0 saturated heterocycles. The van der Waals surface area contributed by atoms with Crippen LogP contribution in [-0.4, -0.2) is 27.0 Å². The number of aryl methyl sites for hydroxylation is 1. The van der Waals surface area contributed by atoms with E-state index in [1.165, 1.54) is 30.1 Å². The van der Waals surface area contributed by atoms with Crippen LogP contribution in [0.15, 0.2) is 83.4 Å². The number of nitrogens with zero attached hydrogens (tertiary/aromatic N) is 3. The number of ether oxygens (including phenoxy) is 3. The van der Waals surface area contributed by atoms with Crippen LogP contribution in [-0.2, 0) is 26.0 Å². The number of rotatable bonds is 10. The highest BCUT2D eigenvalue weighted by Gasteiger charge is 2.30. The van der Waals surface area contributed by atoms with Crippen molar-refractivity contribution in [1.29, 1.82) is 0 Å². The van der Waals surface area contributed by atoms with Crippen LogP contribution in [0.5, 0.6) is 17.4 Å². The van der Waals surface area contributed by atoms with Crippen molar-refractivity contribution < 1.29 is 36.9 Å². The number of aliphatic hydroxyl groups is 1. The Hall–Kier alpha value is -4.77. The first-order chi connectivity index (χ1) is 19.7. The van der Waals surface area contributed by atoms with Crippen molar-refractivity contribution in [3.63, 3.8) is 0 Å². The fraction of sp³-hybridized carbons (Fsp3) is 0.200. The van der Waals surface area contributed by atoms with Gasteiger partial charge in [0.25, 0.3) is 0 Å². The summed E-state index contributed by atoms with van der Waals surface area (Å²) in [6, 6.07) is 19.4. The number of aliphatic hydroxyl groups excluding tert-OH is 1. The first-order valence-electron chi connectivity index (χ1n) is 12.6. The van der Waals surface area contributed by atoms with Gasteiger partial charge in [0.2, 0.25) is 11.8 Å². The molecule has 0 aliphatic rings. The Kier molecular flexibility index (Phi) is 7.97. The molecule has 0 atom stereocenters. The average molecular weight is 566 g/mol. The highest BCUT2D eigenvalue weighted by atomic mass is 19.4. The van der Waals surface area contributed by atoms with Crippen LogP contribution in [0, 0.1) is 6.92 Å². The average Bonchev–Trinajstić information content (AvgIpc) is 3.58. The third kappa shape index (κ3) is 6.36. The zero-order valence-electron chi connectivity index (χ0n) is 22.2. The van der Waals surface area contributed by atoms with E-state index >= 15 is 0 Å². The third-order valence-corrected chi connectivity index (χ3v) is 6.26. The summed E-state index contributed by atoms with van der Waals surface area (Å²) in [6.45, 7) is 1.74. The molecule has 11 heteroatoms. The second kappa shape index (κ2) is 11.8. The topological polar surface area (TPSA) is 91.8 Å². The van der Waals surface area contributed by atoms with Crippen molar-refractivity contribution in [1.82, 2.24) is 14.8 Å². The zero-order valence-corrected chi connectivity index (χ0v) is 22.2. The molecule has 5 rings (SSSR count). The lowest BCUT2D eigenvalue weighted by molar-refractivity contribution is -0.137. The van der Waals surface area contributed by atoms with E-state index in [1.54, 1.807) is 18.2 Å². The van der Waals surface area contributed by atoms with Crippen molar-refractivity contribution in [2.24, 2.45) is 0 Å². The molecule has 0 bridgehead atoms. The summed E-state index contributed by atoms with van der Waals surface area (Å²) in [7, 11) is 1.53. The van der Waals surface area contributed by atoms with Crippen molar-refractivity contribution in [2.45, 2.75) is 32.9 Å². The molecular formula is C30H26F3N3O5.